The van der Waals surface area contributed by atoms with Gasteiger partial charge in [-0.3, -0.25) is 4.79 Å². The number of furan rings is 1. The average molecular weight is 251 g/mol. The molecule has 1 amide bonds. The van der Waals surface area contributed by atoms with Crippen molar-refractivity contribution in [3.8, 4) is 0 Å². The molecule has 2 fully saturated rings. The summed E-state index contributed by atoms with van der Waals surface area (Å²) >= 11 is 1.98. The van der Waals surface area contributed by atoms with Crippen LogP contribution in [0.15, 0.2) is 22.8 Å². The second kappa shape index (κ2) is 4.77. The van der Waals surface area contributed by atoms with Crippen molar-refractivity contribution in [3.63, 3.8) is 0 Å². The normalized spacial score (nSPS) is 31.4. The van der Waals surface area contributed by atoms with Crippen LogP contribution in [0.1, 0.15) is 30.9 Å². The fourth-order valence-corrected chi connectivity index (χ4v) is 3.65. The molecule has 0 spiro atoms. The number of rotatable bonds is 4. The fourth-order valence-electron chi connectivity index (χ4n) is 2.45. The summed E-state index contributed by atoms with van der Waals surface area (Å²) in [5, 5.41) is 3.72. The van der Waals surface area contributed by atoms with Crippen LogP contribution in [0.4, 0.5) is 0 Å². The van der Waals surface area contributed by atoms with Crippen molar-refractivity contribution in [2.24, 2.45) is 5.92 Å². The smallest absolute Gasteiger partial charge is 0.223 e. The van der Waals surface area contributed by atoms with Crippen LogP contribution in [0.3, 0.4) is 0 Å². The third-order valence-corrected chi connectivity index (χ3v) is 4.96. The van der Waals surface area contributed by atoms with E-state index in [2.05, 4.69) is 5.32 Å². The summed E-state index contributed by atoms with van der Waals surface area (Å²) in [7, 11) is 0. The summed E-state index contributed by atoms with van der Waals surface area (Å²) in [4.78, 5) is 11.9. The molecule has 1 aromatic heterocycles. The van der Waals surface area contributed by atoms with E-state index in [1.165, 1.54) is 18.6 Å². The van der Waals surface area contributed by atoms with E-state index in [0.717, 1.165) is 18.7 Å². The molecule has 1 N–H and O–H groups in total. The van der Waals surface area contributed by atoms with E-state index in [1.807, 2.05) is 23.9 Å². The van der Waals surface area contributed by atoms with Gasteiger partial charge in [-0.25, -0.2) is 0 Å². The Kier molecular flexibility index (Phi) is 3.14. The van der Waals surface area contributed by atoms with E-state index in [-0.39, 0.29) is 11.8 Å². The van der Waals surface area contributed by atoms with Gasteiger partial charge in [0.05, 0.1) is 6.26 Å². The lowest BCUT2D eigenvalue weighted by molar-refractivity contribution is -0.122. The number of hydrogen-bond donors (Lipinski definition) is 1. The van der Waals surface area contributed by atoms with Crippen molar-refractivity contribution in [2.45, 2.75) is 30.4 Å². The zero-order valence-electron chi connectivity index (χ0n) is 9.72. The summed E-state index contributed by atoms with van der Waals surface area (Å²) < 4.78 is 5.33. The summed E-state index contributed by atoms with van der Waals surface area (Å²) in [6.45, 7) is 0.838. The predicted molar refractivity (Wildman–Crippen MR) is 68.0 cm³/mol. The van der Waals surface area contributed by atoms with Crippen LogP contribution < -0.4 is 5.32 Å². The van der Waals surface area contributed by atoms with E-state index in [1.54, 1.807) is 6.26 Å². The Morgan fingerprint density at radius 3 is 3.24 bits per heavy atom. The van der Waals surface area contributed by atoms with Gasteiger partial charge in [0, 0.05) is 23.6 Å². The number of amides is 1. The Labute approximate surface area is 105 Å². The van der Waals surface area contributed by atoms with Gasteiger partial charge >= 0.3 is 0 Å². The van der Waals surface area contributed by atoms with Crippen LogP contribution in [0.25, 0.3) is 0 Å². The highest BCUT2D eigenvalue weighted by molar-refractivity contribution is 8.00. The SMILES string of the molecule is O=C(NC[C@@H]1CCCS1)[C@@H]1C[C@@H]1c1ccco1. The number of thioether (sulfide) groups is 1. The first-order chi connectivity index (χ1) is 8.34. The van der Waals surface area contributed by atoms with Gasteiger partial charge < -0.3 is 9.73 Å². The third kappa shape index (κ3) is 2.51. The predicted octanol–water partition coefficient (Wildman–Crippen LogP) is 2.39. The van der Waals surface area contributed by atoms with Crippen molar-refractivity contribution in [1.29, 1.82) is 0 Å². The molecule has 0 bridgehead atoms. The highest BCUT2D eigenvalue weighted by Gasteiger charge is 2.45. The molecule has 1 aromatic rings. The van der Waals surface area contributed by atoms with Crippen molar-refractivity contribution in [1.82, 2.24) is 5.32 Å². The number of carbonyl (C=O) groups is 1. The lowest BCUT2D eigenvalue weighted by Crippen LogP contribution is -2.31. The topological polar surface area (TPSA) is 42.2 Å². The monoisotopic (exact) mass is 251 g/mol. The second-order valence-corrected chi connectivity index (χ2v) is 6.25. The zero-order valence-corrected chi connectivity index (χ0v) is 10.5. The van der Waals surface area contributed by atoms with Gasteiger partial charge in [-0.2, -0.15) is 11.8 Å². The summed E-state index contributed by atoms with van der Waals surface area (Å²) in [5.41, 5.74) is 0. The van der Waals surface area contributed by atoms with Crippen LogP contribution in [-0.2, 0) is 4.79 Å². The summed E-state index contributed by atoms with van der Waals surface area (Å²) in [6, 6.07) is 3.85. The third-order valence-electron chi connectivity index (χ3n) is 3.56. The second-order valence-electron chi connectivity index (χ2n) is 4.84. The van der Waals surface area contributed by atoms with Gasteiger partial charge in [-0.05, 0) is 37.1 Å². The van der Waals surface area contributed by atoms with Crippen molar-refractivity contribution in [2.75, 3.05) is 12.3 Å². The van der Waals surface area contributed by atoms with Gasteiger partial charge in [-0.1, -0.05) is 0 Å². The Balaban J connectivity index is 1.45. The van der Waals surface area contributed by atoms with Crippen molar-refractivity contribution < 1.29 is 9.21 Å². The first-order valence-corrected chi connectivity index (χ1v) is 7.32. The molecule has 3 atom stereocenters. The molecule has 1 aliphatic carbocycles. The van der Waals surface area contributed by atoms with Crippen LogP contribution in [0.2, 0.25) is 0 Å². The van der Waals surface area contributed by atoms with Gasteiger partial charge in [-0.15, -0.1) is 0 Å². The Morgan fingerprint density at radius 2 is 2.53 bits per heavy atom. The zero-order chi connectivity index (χ0) is 11.7. The van der Waals surface area contributed by atoms with Crippen LogP contribution in [0.5, 0.6) is 0 Å². The molecule has 4 heteroatoms. The maximum absolute atomic E-state index is 11.9. The standard InChI is InChI=1S/C13H17NO2S/c15-13(14-8-9-3-2-6-17-9)11-7-10(11)12-4-1-5-16-12/h1,4-5,9-11H,2-3,6-8H2,(H,14,15)/t9-,10-,11+/m0/s1. The molecule has 1 aliphatic heterocycles. The summed E-state index contributed by atoms with van der Waals surface area (Å²) in [6.07, 6.45) is 5.16. The van der Waals surface area contributed by atoms with E-state index < -0.39 is 0 Å². The number of hydrogen-bond acceptors (Lipinski definition) is 3. The molecule has 3 rings (SSSR count). The Hall–Kier alpha value is -0.900. The quantitative estimate of drug-likeness (QED) is 0.893. The van der Waals surface area contributed by atoms with Gasteiger partial charge in [0.1, 0.15) is 5.76 Å². The minimum Gasteiger partial charge on any atom is -0.469 e. The molecule has 1 saturated carbocycles. The molecule has 1 saturated heterocycles. The number of nitrogens with one attached hydrogen (secondary N) is 1. The molecular weight excluding hydrogens is 234 g/mol. The summed E-state index contributed by atoms with van der Waals surface area (Å²) in [5.74, 6) is 2.88. The molecule has 92 valence electrons. The van der Waals surface area contributed by atoms with Crippen LogP contribution in [-0.4, -0.2) is 23.5 Å². The molecule has 0 unspecified atom stereocenters. The van der Waals surface area contributed by atoms with Crippen molar-refractivity contribution >= 4 is 17.7 Å². The maximum atomic E-state index is 11.9. The minimum absolute atomic E-state index is 0.146. The molecule has 0 aromatic carbocycles. The molecule has 17 heavy (non-hydrogen) atoms. The van der Waals surface area contributed by atoms with Crippen LogP contribution in [0, 0.1) is 5.92 Å². The first kappa shape index (κ1) is 11.2. The fraction of sp³-hybridized carbons (Fsp3) is 0.615. The Morgan fingerprint density at radius 1 is 1.59 bits per heavy atom. The van der Waals surface area contributed by atoms with Gasteiger partial charge in [0.2, 0.25) is 5.91 Å². The average Bonchev–Trinajstić information content (AvgIpc) is 2.82. The van der Waals surface area contributed by atoms with Gasteiger partial charge in [0.15, 0.2) is 0 Å². The molecular formula is C13H17NO2S. The number of carbonyl (C=O) groups excluding carboxylic acids is 1. The molecule has 2 aliphatic rings. The lowest BCUT2D eigenvalue weighted by atomic mass is 10.2. The van der Waals surface area contributed by atoms with E-state index in [9.17, 15) is 4.79 Å². The Bertz CT molecular complexity index is 384. The van der Waals surface area contributed by atoms with E-state index >= 15 is 0 Å². The molecule has 2 heterocycles. The lowest BCUT2D eigenvalue weighted by Gasteiger charge is -2.09. The first-order valence-electron chi connectivity index (χ1n) is 6.27. The maximum Gasteiger partial charge on any atom is 0.223 e. The highest BCUT2D eigenvalue weighted by atomic mass is 32.2. The van der Waals surface area contributed by atoms with Crippen molar-refractivity contribution in [3.05, 3.63) is 24.2 Å². The largest absolute Gasteiger partial charge is 0.469 e. The molecule has 0 radical (unpaired) electrons. The molecule has 3 nitrogen and oxygen atoms in total. The minimum atomic E-state index is 0.146. The van der Waals surface area contributed by atoms with Crippen LogP contribution >= 0.6 is 11.8 Å². The van der Waals surface area contributed by atoms with E-state index in [4.69, 9.17) is 4.42 Å². The van der Waals surface area contributed by atoms with Gasteiger partial charge in [0.25, 0.3) is 0 Å². The highest BCUT2D eigenvalue weighted by Crippen LogP contribution is 2.47. The van der Waals surface area contributed by atoms with E-state index in [0.29, 0.717) is 11.2 Å².